The van der Waals surface area contributed by atoms with E-state index in [0.717, 1.165) is 11.4 Å². The lowest BCUT2D eigenvalue weighted by Gasteiger charge is -2.15. The summed E-state index contributed by atoms with van der Waals surface area (Å²) >= 11 is 0. The third-order valence-electron chi connectivity index (χ3n) is 4.65. The lowest BCUT2D eigenvalue weighted by atomic mass is 10.1. The number of Topliss-reactive ketones (excluding diaryl/α,β-unsaturated/α-hetero) is 1. The SMILES string of the molecule is COCCn1c(C)cc(C(=O)COC(=O)c2ccc(OC)c(OC)c2OC)c1C. The van der Waals surface area contributed by atoms with E-state index < -0.39 is 5.97 Å². The summed E-state index contributed by atoms with van der Waals surface area (Å²) in [5.74, 6) is -0.0983. The van der Waals surface area contributed by atoms with E-state index in [0.29, 0.717) is 24.5 Å². The molecule has 29 heavy (non-hydrogen) atoms. The van der Waals surface area contributed by atoms with Crippen LogP contribution in [0.25, 0.3) is 0 Å². The second-order valence-electron chi connectivity index (χ2n) is 6.31. The maximum atomic E-state index is 12.6. The summed E-state index contributed by atoms with van der Waals surface area (Å²) < 4.78 is 28.1. The number of nitrogens with zero attached hydrogens (tertiary/aromatic N) is 1. The molecule has 0 radical (unpaired) electrons. The monoisotopic (exact) mass is 405 g/mol. The van der Waals surface area contributed by atoms with Crippen LogP contribution in [0.5, 0.6) is 17.2 Å². The zero-order chi connectivity index (χ0) is 21.6. The first-order valence-corrected chi connectivity index (χ1v) is 9.04. The summed E-state index contributed by atoms with van der Waals surface area (Å²) in [4.78, 5) is 25.2. The number of hydrogen-bond acceptors (Lipinski definition) is 7. The van der Waals surface area contributed by atoms with Gasteiger partial charge in [0.2, 0.25) is 11.5 Å². The molecule has 158 valence electrons. The first-order chi connectivity index (χ1) is 13.9. The van der Waals surface area contributed by atoms with Crippen LogP contribution in [0.15, 0.2) is 18.2 Å². The lowest BCUT2D eigenvalue weighted by Crippen LogP contribution is -2.16. The molecule has 0 aliphatic heterocycles. The highest BCUT2D eigenvalue weighted by Gasteiger charge is 2.23. The van der Waals surface area contributed by atoms with Crippen LogP contribution in [0.4, 0.5) is 0 Å². The molecule has 1 aromatic carbocycles. The molecule has 0 bridgehead atoms. The quantitative estimate of drug-likeness (QED) is 0.444. The summed E-state index contributed by atoms with van der Waals surface area (Å²) in [7, 11) is 5.96. The molecule has 2 rings (SSSR count). The minimum atomic E-state index is -0.690. The van der Waals surface area contributed by atoms with Gasteiger partial charge in [0.05, 0.1) is 27.9 Å². The van der Waals surface area contributed by atoms with Crippen LogP contribution in [-0.4, -0.2) is 58.0 Å². The zero-order valence-corrected chi connectivity index (χ0v) is 17.7. The van der Waals surface area contributed by atoms with Crippen molar-refractivity contribution in [1.29, 1.82) is 0 Å². The molecule has 8 nitrogen and oxygen atoms in total. The van der Waals surface area contributed by atoms with E-state index in [9.17, 15) is 9.59 Å². The fraction of sp³-hybridized carbons (Fsp3) is 0.429. The number of ketones is 1. The predicted molar refractivity (Wildman–Crippen MR) is 106 cm³/mol. The Hall–Kier alpha value is -3.00. The summed E-state index contributed by atoms with van der Waals surface area (Å²) in [6.45, 7) is 4.57. The molecule has 0 fully saturated rings. The fourth-order valence-electron chi connectivity index (χ4n) is 3.16. The van der Waals surface area contributed by atoms with Gasteiger partial charge < -0.3 is 28.3 Å². The predicted octanol–water partition coefficient (Wildman–Crippen LogP) is 2.82. The Labute approximate surface area is 170 Å². The Morgan fingerprint density at radius 2 is 1.62 bits per heavy atom. The largest absolute Gasteiger partial charge is 0.493 e. The highest BCUT2D eigenvalue weighted by molar-refractivity contribution is 6.01. The smallest absolute Gasteiger partial charge is 0.342 e. The first kappa shape index (κ1) is 22.3. The van der Waals surface area contributed by atoms with Crippen molar-refractivity contribution in [2.75, 3.05) is 41.7 Å². The minimum Gasteiger partial charge on any atom is -0.493 e. The summed E-state index contributed by atoms with van der Waals surface area (Å²) in [5, 5.41) is 0. The number of aryl methyl sites for hydroxylation is 1. The molecule has 0 saturated heterocycles. The maximum Gasteiger partial charge on any atom is 0.342 e. The number of aromatic nitrogens is 1. The van der Waals surface area contributed by atoms with Gasteiger partial charge >= 0.3 is 5.97 Å². The van der Waals surface area contributed by atoms with Gasteiger partial charge in [0.15, 0.2) is 18.1 Å². The molecular formula is C21H27NO7. The fourth-order valence-corrected chi connectivity index (χ4v) is 3.16. The Kier molecular flexibility index (Phi) is 7.67. The van der Waals surface area contributed by atoms with Crippen molar-refractivity contribution in [3.8, 4) is 17.2 Å². The molecule has 0 spiro atoms. The zero-order valence-electron chi connectivity index (χ0n) is 17.7. The van der Waals surface area contributed by atoms with Crippen molar-refractivity contribution in [2.24, 2.45) is 0 Å². The standard InChI is InChI=1S/C21H27NO7/c1-13-11-16(14(2)22(13)9-10-25-3)17(23)12-29-21(24)15-7-8-18(26-4)20(28-6)19(15)27-5/h7-8,11H,9-10,12H2,1-6H3. The number of esters is 1. The van der Waals surface area contributed by atoms with Crippen LogP contribution >= 0.6 is 0 Å². The number of methoxy groups -OCH3 is 4. The van der Waals surface area contributed by atoms with E-state index in [1.807, 2.05) is 18.4 Å². The average molecular weight is 405 g/mol. The third-order valence-corrected chi connectivity index (χ3v) is 4.65. The molecule has 0 aliphatic carbocycles. The Morgan fingerprint density at radius 1 is 0.931 bits per heavy atom. The summed E-state index contributed by atoms with van der Waals surface area (Å²) in [6, 6.07) is 4.87. The lowest BCUT2D eigenvalue weighted by molar-refractivity contribution is 0.0470. The van der Waals surface area contributed by atoms with Gasteiger partial charge in [0.25, 0.3) is 0 Å². The minimum absolute atomic E-state index is 0.142. The molecule has 0 saturated carbocycles. The Balaban J connectivity index is 2.16. The number of carbonyl (C=O) groups is 2. The molecule has 0 atom stereocenters. The number of ether oxygens (including phenoxy) is 5. The Bertz CT molecular complexity index is 886. The van der Waals surface area contributed by atoms with Crippen LogP contribution in [-0.2, 0) is 16.0 Å². The molecule has 1 heterocycles. The molecule has 0 aliphatic rings. The molecule has 1 aromatic heterocycles. The normalized spacial score (nSPS) is 10.6. The van der Waals surface area contributed by atoms with Crippen LogP contribution < -0.4 is 14.2 Å². The van der Waals surface area contributed by atoms with E-state index in [1.165, 1.54) is 27.4 Å². The van der Waals surface area contributed by atoms with Crippen LogP contribution in [0, 0.1) is 13.8 Å². The topological polar surface area (TPSA) is 85.2 Å². The molecule has 8 heteroatoms. The van der Waals surface area contributed by atoms with Crippen LogP contribution in [0.3, 0.4) is 0 Å². The van der Waals surface area contributed by atoms with E-state index in [2.05, 4.69) is 0 Å². The summed E-state index contributed by atoms with van der Waals surface area (Å²) in [6.07, 6.45) is 0. The number of hydrogen-bond donors (Lipinski definition) is 0. The Morgan fingerprint density at radius 3 is 2.21 bits per heavy atom. The van der Waals surface area contributed by atoms with Crippen molar-refractivity contribution < 1.29 is 33.3 Å². The van der Waals surface area contributed by atoms with Crippen molar-refractivity contribution in [1.82, 2.24) is 4.57 Å². The number of carbonyl (C=O) groups excluding carboxylic acids is 2. The first-order valence-electron chi connectivity index (χ1n) is 9.04. The van der Waals surface area contributed by atoms with Gasteiger partial charge in [-0.15, -0.1) is 0 Å². The molecule has 0 unspecified atom stereocenters. The molecule has 0 amide bonds. The van der Waals surface area contributed by atoms with Crippen LogP contribution in [0.2, 0.25) is 0 Å². The number of rotatable bonds is 10. The van der Waals surface area contributed by atoms with Gasteiger partial charge in [-0.3, -0.25) is 4.79 Å². The highest BCUT2D eigenvalue weighted by Crippen LogP contribution is 2.39. The van der Waals surface area contributed by atoms with Gasteiger partial charge in [-0.25, -0.2) is 4.79 Å². The maximum absolute atomic E-state index is 12.6. The van der Waals surface area contributed by atoms with Gasteiger partial charge in [-0.2, -0.15) is 0 Å². The van der Waals surface area contributed by atoms with E-state index in [1.54, 1.807) is 19.2 Å². The van der Waals surface area contributed by atoms with Crippen molar-refractivity contribution in [2.45, 2.75) is 20.4 Å². The van der Waals surface area contributed by atoms with Gasteiger partial charge in [-0.05, 0) is 32.0 Å². The highest BCUT2D eigenvalue weighted by atomic mass is 16.5. The average Bonchev–Trinajstić information content (AvgIpc) is 3.02. The molecule has 2 aromatic rings. The van der Waals surface area contributed by atoms with Gasteiger partial charge in [-0.1, -0.05) is 0 Å². The second-order valence-corrected chi connectivity index (χ2v) is 6.31. The summed E-state index contributed by atoms with van der Waals surface area (Å²) in [5.41, 5.74) is 2.41. The second kappa shape index (κ2) is 9.97. The van der Waals surface area contributed by atoms with Gasteiger partial charge in [0, 0.05) is 30.6 Å². The van der Waals surface area contributed by atoms with Crippen molar-refractivity contribution >= 4 is 11.8 Å². The molecule has 0 N–H and O–H groups in total. The van der Waals surface area contributed by atoms with E-state index >= 15 is 0 Å². The van der Waals surface area contributed by atoms with Crippen molar-refractivity contribution in [3.63, 3.8) is 0 Å². The van der Waals surface area contributed by atoms with Gasteiger partial charge in [0.1, 0.15) is 5.56 Å². The van der Waals surface area contributed by atoms with E-state index in [-0.39, 0.29) is 29.5 Å². The van der Waals surface area contributed by atoms with E-state index in [4.69, 9.17) is 23.7 Å². The number of benzene rings is 1. The molecular weight excluding hydrogens is 378 g/mol. The third kappa shape index (κ3) is 4.71. The van der Waals surface area contributed by atoms with Crippen molar-refractivity contribution in [3.05, 3.63) is 40.7 Å². The van der Waals surface area contributed by atoms with Crippen LogP contribution in [0.1, 0.15) is 32.1 Å².